The van der Waals surface area contributed by atoms with Crippen LogP contribution in [0.3, 0.4) is 0 Å². The van der Waals surface area contributed by atoms with Gasteiger partial charge in [0.05, 0.1) is 23.3 Å². The van der Waals surface area contributed by atoms with Gasteiger partial charge >= 0.3 is 0 Å². The Morgan fingerprint density at radius 1 is 1.00 bits per heavy atom. The van der Waals surface area contributed by atoms with Gasteiger partial charge in [-0.2, -0.15) is 5.01 Å². The Morgan fingerprint density at radius 3 is 2.09 bits per heavy atom. The first kappa shape index (κ1) is 20.6. The van der Waals surface area contributed by atoms with Crippen LogP contribution in [0.15, 0.2) is 48.5 Å². The number of nitro benzene ring substituents is 1. The third-order valence-electron chi connectivity index (χ3n) is 6.95. The average Bonchev–Trinajstić information content (AvgIpc) is 3.47. The molecule has 3 amide bonds. The summed E-state index contributed by atoms with van der Waals surface area (Å²) in [5, 5.41) is 13.7. The Labute approximate surface area is 188 Å². The van der Waals surface area contributed by atoms with Gasteiger partial charge in [-0.05, 0) is 60.9 Å². The van der Waals surface area contributed by atoms with Crippen LogP contribution in [0.25, 0.3) is 0 Å². The van der Waals surface area contributed by atoms with Crippen LogP contribution in [-0.4, -0.2) is 32.7 Å². The molecule has 5 rings (SSSR count). The SMILES string of the molecule is O=C(c1ccc([N+](=O)[O-])cc1)N(Cc1ccc(Cl)cc1)N1C(=O)[C@@H]2[C@H]3CC[C@@H](C3)[C@@H]2C1=O. The third-order valence-corrected chi connectivity index (χ3v) is 7.20. The topological polar surface area (TPSA) is 101 Å². The number of non-ortho nitro benzene ring substituents is 1. The first-order valence-corrected chi connectivity index (χ1v) is 10.9. The maximum Gasteiger partial charge on any atom is 0.273 e. The smallest absolute Gasteiger partial charge is 0.272 e. The fraction of sp³-hybridized carbons (Fsp3) is 0.348. The van der Waals surface area contributed by atoms with E-state index in [2.05, 4.69) is 0 Å². The van der Waals surface area contributed by atoms with E-state index in [-0.39, 0.29) is 53.3 Å². The zero-order valence-corrected chi connectivity index (χ0v) is 17.8. The van der Waals surface area contributed by atoms with Gasteiger partial charge in [-0.1, -0.05) is 23.7 Å². The van der Waals surface area contributed by atoms with Gasteiger partial charge in [0, 0.05) is 22.7 Å². The van der Waals surface area contributed by atoms with Crippen molar-refractivity contribution < 1.29 is 19.3 Å². The third kappa shape index (κ3) is 3.26. The van der Waals surface area contributed by atoms with Crippen molar-refractivity contribution in [1.29, 1.82) is 0 Å². The summed E-state index contributed by atoms with van der Waals surface area (Å²) in [4.78, 5) is 50.6. The molecule has 8 nitrogen and oxygen atoms in total. The van der Waals surface area contributed by atoms with Crippen LogP contribution in [0.2, 0.25) is 5.02 Å². The van der Waals surface area contributed by atoms with Crippen molar-refractivity contribution >= 4 is 35.0 Å². The highest BCUT2D eigenvalue weighted by Gasteiger charge is 2.62. The summed E-state index contributed by atoms with van der Waals surface area (Å²) < 4.78 is 0. The van der Waals surface area contributed by atoms with Crippen LogP contribution in [0.1, 0.15) is 35.2 Å². The molecule has 0 unspecified atom stereocenters. The maximum absolute atomic E-state index is 13.5. The maximum atomic E-state index is 13.5. The zero-order valence-electron chi connectivity index (χ0n) is 17.0. The molecule has 3 fully saturated rings. The number of carbonyl (C=O) groups excluding carboxylic acids is 3. The zero-order chi connectivity index (χ0) is 22.6. The van der Waals surface area contributed by atoms with Gasteiger partial charge in [0.25, 0.3) is 23.4 Å². The van der Waals surface area contributed by atoms with Gasteiger partial charge in [-0.25, -0.2) is 5.01 Å². The van der Waals surface area contributed by atoms with E-state index in [1.54, 1.807) is 24.3 Å². The molecule has 2 bridgehead atoms. The molecular formula is C23H20ClN3O5. The number of hydrazine groups is 1. The van der Waals surface area contributed by atoms with Crippen LogP contribution >= 0.6 is 11.6 Å². The number of nitro groups is 1. The molecule has 1 heterocycles. The van der Waals surface area contributed by atoms with E-state index in [1.807, 2.05) is 0 Å². The molecule has 1 saturated heterocycles. The summed E-state index contributed by atoms with van der Waals surface area (Å²) >= 11 is 5.97. The molecule has 2 saturated carbocycles. The van der Waals surface area contributed by atoms with Crippen molar-refractivity contribution in [2.45, 2.75) is 25.8 Å². The van der Waals surface area contributed by atoms with Crippen molar-refractivity contribution in [3.63, 3.8) is 0 Å². The van der Waals surface area contributed by atoms with E-state index >= 15 is 0 Å². The largest absolute Gasteiger partial charge is 0.273 e. The normalized spacial score (nSPS) is 25.8. The highest BCUT2D eigenvalue weighted by molar-refractivity contribution is 6.30. The lowest BCUT2D eigenvalue weighted by molar-refractivity contribution is -0.384. The Balaban J connectivity index is 1.50. The van der Waals surface area contributed by atoms with Crippen molar-refractivity contribution in [1.82, 2.24) is 10.0 Å². The molecule has 1 aliphatic heterocycles. The highest BCUT2D eigenvalue weighted by Crippen LogP contribution is 2.56. The summed E-state index contributed by atoms with van der Waals surface area (Å²) in [5.74, 6) is -1.55. The number of carbonyl (C=O) groups is 3. The summed E-state index contributed by atoms with van der Waals surface area (Å²) in [7, 11) is 0. The van der Waals surface area contributed by atoms with Crippen LogP contribution in [0, 0.1) is 33.8 Å². The Bertz CT molecular complexity index is 1090. The fourth-order valence-corrected chi connectivity index (χ4v) is 5.63. The van der Waals surface area contributed by atoms with Gasteiger partial charge in [0.15, 0.2) is 0 Å². The molecular weight excluding hydrogens is 434 g/mol. The van der Waals surface area contributed by atoms with Gasteiger partial charge in [0.1, 0.15) is 0 Å². The predicted octanol–water partition coefficient (Wildman–Crippen LogP) is 3.84. The van der Waals surface area contributed by atoms with Gasteiger partial charge < -0.3 is 0 Å². The number of fused-ring (bicyclic) bond motifs is 5. The molecule has 3 aliphatic rings. The Morgan fingerprint density at radius 2 is 1.56 bits per heavy atom. The standard InChI is InChI=1S/C23H20ClN3O5/c24-17-7-1-13(2-8-17)12-25(21(28)14-5-9-18(10-6-14)27(31)32)26-22(29)19-15-3-4-16(11-15)20(19)23(26)30/h1-2,5-10,15-16,19-20H,3-4,11-12H2/t15-,16-,19-,20+/m0/s1. The molecule has 9 heteroatoms. The predicted molar refractivity (Wildman–Crippen MR) is 114 cm³/mol. The number of hydrogen-bond acceptors (Lipinski definition) is 5. The lowest BCUT2D eigenvalue weighted by Crippen LogP contribution is -2.50. The second kappa shape index (κ2) is 7.70. The Kier molecular flexibility index (Phi) is 4.97. The minimum atomic E-state index is -0.566. The number of hydrogen-bond donors (Lipinski definition) is 0. The average molecular weight is 454 g/mol. The summed E-state index contributed by atoms with van der Waals surface area (Å²) in [6.45, 7) is -0.000751. The second-order valence-electron chi connectivity index (χ2n) is 8.67. The second-order valence-corrected chi connectivity index (χ2v) is 9.10. The quantitative estimate of drug-likeness (QED) is 0.389. The van der Waals surface area contributed by atoms with Crippen molar-refractivity contribution in [2.75, 3.05) is 0 Å². The van der Waals surface area contributed by atoms with Crippen LogP contribution in [0.4, 0.5) is 5.69 Å². The van der Waals surface area contributed by atoms with Crippen molar-refractivity contribution in [3.05, 3.63) is 74.8 Å². The van der Waals surface area contributed by atoms with Crippen LogP contribution in [0.5, 0.6) is 0 Å². The lowest BCUT2D eigenvalue weighted by atomic mass is 9.81. The fourth-order valence-electron chi connectivity index (χ4n) is 5.50. The van der Waals surface area contributed by atoms with E-state index in [0.29, 0.717) is 10.6 Å². The molecule has 0 radical (unpaired) electrons. The van der Waals surface area contributed by atoms with Crippen molar-refractivity contribution in [2.24, 2.45) is 23.7 Å². The highest BCUT2D eigenvalue weighted by atomic mass is 35.5. The monoisotopic (exact) mass is 453 g/mol. The summed E-state index contributed by atoms with van der Waals surface area (Å²) in [6.07, 6.45) is 2.77. The summed E-state index contributed by atoms with van der Waals surface area (Å²) in [5.41, 5.74) is 0.709. The number of halogens is 1. The molecule has 0 aromatic heterocycles. The van der Waals surface area contributed by atoms with Crippen LogP contribution in [-0.2, 0) is 16.1 Å². The molecule has 2 aromatic carbocycles. The summed E-state index contributed by atoms with van der Waals surface area (Å²) in [6, 6.07) is 12.0. The lowest BCUT2D eigenvalue weighted by Gasteiger charge is -2.31. The Hall–Kier alpha value is -3.26. The molecule has 0 N–H and O–H groups in total. The minimum absolute atomic E-state index is 0.000751. The minimum Gasteiger partial charge on any atom is -0.272 e. The molecule has 4 atom stereocenters. The molecule has 32 heavy (non-hydrogen) atoms. The molecule has 164 valence electrons. The van der Waals surface area contributed by atoms with E-state index in [1.165, 1.54) is 29.3 Å². The first-order chi connectivity index (χ1) is 15.3. The number of nitrogens with zero attached hydrogens (tertiary/aromatic N) is 3. The first-order valence-electron chi connectivity index (χ1n) is 10.5. The number of rotatable bonds is 5. The molecule has 2 aromatic rings. The molecule has 0 spiro atoms. The van der Waals surface area contributed by atoms with E-state index in [0.717, 1.165) is 24.3 Å². The van der Waals surface area contributed by atoms with Gasteiger partial charge in [-0.3, -0.25) is 24.5 Å². The van der Waals surface area contributed by atoms with E-state index in [9.17, 15) is 24.5 Å². The number of imide groups is 1. The van der Waals surface area contributed by atoms with Gasteiger partial charge in [-0.15, -0.1) is 0 Å². The van der Waals surface area contributed by atoms with Crippen molar-refractivity contribution in [3.8, 4) is 0 Å². The number of benzene rings is 2. The molecule has 2 aliphatic carbocycles. The van der Waals surface area contributed by atoms with E-state index < -0.39 is 10.8 Å². The van der Waals surface area contributed by atoms with E-state index in [4.69, 9.17) is 11.6 Å². The van der Waals surface area contributed by atoms with Gasteiger partial charge in [0.2, 0.25) is 0 Å². The van der Waals surface area contributed by atoms with Crippen LogP contribution < -0.4 is 0 Å². The number of amides is 3.